The maximum Gasteiger partial charge on any atom is 0.220 e. The zero-order chi connectivity index (χ0) is 12.8. The number of hydrogen-bond acceptors (Lipinski definition) is 2. The minimum Gasteiger partial charge on any atom is -0.353 e. The Kier molecular flexibility index (Phi) is 7.77. The number of halogens is 1. The number of rotatable bonds is 6. The third kappa shape index (κ3) is 5.31. The second-order valence-electron chi connectivity index (χ2n) is 6.14. The quantitative estimate of drug-likeness (QED) is 0.789. The fraction of sp³-hybridized carbons (Fsp3) is 0.933. The molecule has 19 heavy (non-hydrogen) atoms. The lowest BCUT2D eigenvalue weighted by molar-refractivity contribution is -0.122. The van der Waals surface area contributed by atoms with Crippen LogP contribution in [-0.4, -0.2) is 18.5 Å². The number of carbonyl (C=O) groups excluding carboxylic acids is 1. The fourth-order valence-corrected chi connectivity index (χ4v) is 3.64. The van der Waals surface area contributed by atoms with E-state index in [1.807, 2.05) is 0 Å². The molecule has 2 fully saturated rings. The highest BCUT2D eigenvalue weighted by atomic mass is 35.5. The Balaban J connectivity index is 0.00000180. The van der Waals surface area contributed by atoms with Crippen molar-refractivity contribution in [3.05, 3.63) is 0 Å². The first-order chi connectivity index (χ1) is 8.79. The summed E-state index contributed by atoms with van der Waals surface area (Å²) in [6.07, 6.45) is 12.1. The number of nitrogens with two attached hydrogens (primary N) is 1. The molecular formula is C15H29ClN2O. The Labute approximate surface area is 123 Å². The summed E-state index contributed by atoms with van der Waals surface area (Å²) in [4.78, 5) is 11.9. The second-order valence-corrected chi connectivity index (χ2v) is 6.14. The van der Waals surface area contributed by atoms with Crippen molar-refractivity contribution in [2.45, 2.75) is 70.3 Å². The lowest BCUT2D eigenvalue weighted by Crippen LogP contribution is -2.39. The summed E-state index contributed by atoms with van der Waals surface area (Å²) in [6, 6.07) is 0.356. The Hall–Kier alpha value is -0.280. The minimum atomic E-state index is 0. The van der Waals surface area contributed by atoms with Crippen molar-refractivity contribution < 1.29 is 4.79 Å². The standard InChI is InChI=1S/C15H28N2O.ClH/c16-11-13-8-4-9-14(13)17-15(18)10-3-7-12-5-1-2-6-12;/h12-14H,1-11,16H2,(H,17,18);1H. The van der Waals surface area contributed by atoms with Gasteiger partial charge in [-0.25, -0.2) is 0 Å². The summed E-state index contributed by atoms with van der Waals surface area (Å²) in [6.45, 7) is 0.715. The molecule has 0 spiro atoms. The molecule has 0 aromatic carbocycles. The van der Waals surface area contributed by atoms with Crippen molar-refractivity contribution in [3.8, 4) is 0 Å². The molecule has 1 amide bonds. The number of nitrogens with one attached hydrogen (secondary N) is 1. The second kappa shape index (κ2) is 8.80. The Morgan fingerprint density at radius 1 is 1.11 bits per heavy atom. The van der Waals surface area contributed by atoms with Gasteiger partial charge < -0.3 is 11.1 Å². The molecular weight excluding hydrogens is 260 g/mol. The van der Waals surface area contributed by atoms with E-state index in [1.165, 1.54) is 44.9 Å². The SMILES string of the molecule is Cl.NCC1CCCC1NC(=O)CCCC1CCCC1. The molecule has 2 unspecified atom stereocenters. The Morgan fingerprint density at radius 2 is 1.84 bits per heavy atom. The fourth-order valence-electron chi connectivity index (χ4n) is 3.64. The van der Waals surface area contributed by atoms with Gasteiger partial charge in [-0.15, -0.1) is 12.4 Å². The van der Waals surface area contributed by atoms with Crippen LogP contribution >= 0.6 is 12.4 Å². The van der Waals surface area contributed by atoms with Crippen LogP contribution in [0.25, 0.3) is 0 Å². The molecule has 2 aliphatic rings. The van der Waals surface area contributed by atoms with Gasteiger partial charge in [-0.3, -0.25) is 4.79 Å². The number of carbonyl (C=O) groups is 1. The molecule has 3 N–H and O–H groups in total. The van der Waals surface area contributed by atoms with Gasteiger partial charge in [0.2, 0.25) is 5.91 Å². The van der Waals surface area contributed by atoms with Gasteiger partial charge in [0.25, 0.3) is 0 Å². The van der Waals surface area contributed by atoms with E-state index in [-0.39, 0.29) is 18.3 Å². The lowest BCUT2D eigenvalue weighted by atomic mass is 10.00. The first-order valence-electron chi connectivity index (χ1n) is 7.79. The highest BCUT2D eigenvalue weighted by Gasteiger charge is 2.27. The monoisotopic (exact) mass is 288 g/mol. The van der Waals surface area contributed by atoms with E-state index < -0.39 is 0 Å². The van der Waals surface area contributed by atoms with Gasteiger partial charge in [-0.2, -0.15) is 0 Å². The van der Waals surface area contributed by atoms with Gasteiger partial charge in [-0.1, -0.05) is 32.1 Å². The van der Waals surface area contributed by atoms with Crippen molar-refractivity contribution in [2.75, 3.05) is 6.54 Å². The largest absolute Gasteiger partial charge is 0.353 e. The van der Waals surface area contributed by atoms with Crippen molar-refractivity contribution in [2.24, 2.45) is 17.6 Å². The van der Waals surface area contributed by atoms with E-state index in [0.717, 1.165) is 18.8 Å². The Morgan fingerprint density at radius 3 is 2.53 bits per heavy atom. The molecule has 2 rings (SSSR count). The van der Waals surface area contributed by atoms with Crippen LogP contribution < -0.4 is 11.1 Å². The van der Waals surface area contributed by atoms with Crippen LogP contribution in [0.15, 0.2) is 0 Å². The molecule has 112 valence electrons. The predicted molar refractivity (Wildman–Crippen MR) is 81.4 cm³/mol. The highest BCUT2D eigenvalue weighted by Crippen LogP contribution is 2.29. The summed E-state index contributed by atoms with van der Waals surface area (Å²) in [5.41, 5.74) is 5.73. The third-order valence-electron chi connectivity index (χ3n) is 4.80. The van der Waals surface area contributed by atoms with Gasteiger partial charge in [0.15, 0.2) is 0 Å². The van der Waals surface area contributed by atoms with Gasteiger partial charge >= 0.3 is 0 Å². The zero-order valence-corrected chi connectivity index (χ0v) is 12.7. The first-order valence-corrected chi connectivity index (χ1v) is 7.79. The first kappa shape index (κ1) is 16.8. The van der Waals surface area contributed by atoms with E-state index in [1.54, 1.807) is 0 Å². The topological polar surface area (TPSA) is 55.1 Å². The van der Waals surface area contributed by atoms with E-state index in [2.05, 4.69) is 5.32 Å². The van der Waals surface area contributed by atoms with Crippen LogP contribution in [0.3, 0.4) is 0 Å². The molecule has 0 radical (unpaired) electrons. The van der Waals surface area contributed by atoms with Crippen molar-refractivity contribution in [1.29, 1.82) is 0 Å². The summed E-state index contributed by atoms with van der Waals surface area (Å²) in [7, 11) is 0. The average molecular weight is 289 g/mol. The maximum atomic E-state index is 11.9. The van der Waals surface area contributed by atoms with Crippen LogP contribution in [0.1, 0.15) is 64.2 Å². The average Bonchev–Trinajstić information content (AvgIpc) is 3.00. The van der Waals surface area contributed by atoms with Gasteiger partial charge in [0.05, 0.1) is 0 Å². The molecule has 2 atom stereocenters. The molecule has 0 aliphatic heterocycles. The van der Waals surface area contributed by atoms with Gasteiger partial charge in [0.1, 0.15) is 0 Å². The van der Waals surface area contributed by atoms with E-state index in [9.17, 15) is 4.79 Å². The lowest BCUT2D eigenvalue weighted by Gasteiger charge is -2.19. The molecule has 4 heteroatoms. The highest BCUT2D eigenvalue weighted by molar-refractivity contribution is 5.85. The number of amides is 1. The van der Waals surface area contributed by atoms with Crippen LogP contribution in [0.5, 0.6) is 0 Å². The van der Waals surface area contributed by atoms with E-state index in [4.69, 9.17) is 5.73 Å². The van der Waals surface area contributed by atoms with Crippen LogP contribution in [0, 0.1) is 11.8 Å². The summed E-state index contributed by atoms with van der Waals surface area (Å²) >= 11 is 0. The molecule has 0 heterocycles. The predicted octanol–water partition coefficient (Wildman–Crippen LogP) is 3.01. The zero-order valence-electron chi connectivity index (χ0n) is 11.9. The van der Waals surface area contributed by atoms with E-state index >= 15 is 0 Å². The molecule has 2 saturated carbocycles. The smallest absolute Gasteiger partial charge is 0.220 e. The van der Waals surface area contributed by atoms with Crippen LogP contribution in [-0.2, 0) is 4.79 Å². The van der Waals surface area contributed by atoms with Gasteiger partial charge in [0, 0.05) is 12.5 Å². The molecule has 0 aromatic rings. The normalized spacial score (nSPS) is 27.2. The van der Waals surface area contributed by atoms with Crippen LogP contribution in [0.2, 0.25) is 0 Å². The van der Waals surface area contributed by atoms with Crippen molar-refractivity contribution in [1.82, 2.24) is 5.32 Å². The molecule has 2 aliphatic carbocycles. The van der Waals surface area contributed by atoms with Gasteiger partial charge in [-0.05, 0) is 44.1 Å². The molecule has 3 nitrogen and oxygen atoms in total. The third-order valence-corrected chi connectivity index (χ3v) is 4.80. The minimum absolute atomic E-state index is 0. The summed E-state index contributed by atoms with van der Waals surface area (Å²) in [5, 5.41) is 3.19. The number of hydrogen-bond donors (Lipinski definition) is 2. The molecule has 0 aromatic heterocycles. The Bertz CT molecular complexity index is 267. The van der Waals surface area contributed by atoms with Crippen LogP contribution in [0.4, 0.5) is 0 Å². The molecule has 0 bridgehead atoms. The maximum absolute atomic E-state index is 11.9. The van der Waals surface area contributed by atoms with Crippen molar-refractivity contribution in [3.63, 3.8) is 0 Å². The summed E-state index contributed by atoms with van der Waals surface area (Å²) in [5.74, 6) is 1.67. The molecule has 0 saturated heterocycles. The summed E-state index contributed by atoms with van der Waals surface area (Å²) < 4.78 is 0. The van der Waals surface area contributed by atoms with E-state index in [0.29, 0.717) is 24.9 Å². The van der Waals surface area contributed by atoms with Crippen molar-refractivity contribution >= 4 is 18.3 Å².